The molecule has 1 aromatic rings. The summed E-state index contributed by atoms with van der Waals surface area (Å²) >= 11 is 0. The highest BCUT2D eigenvalue weighted by Gasteiger charge is 2.30. The van der Waals surface area contributed by atoms with Crippen LogP contribution >= 0.6 is 0 Å². The van der Waals surface area contributed by atoms with Crippen molar-refractivity contribution in [2.75, 3.05) is 26.8 Å². The maximum absolute atomic E-state index is 9.38. The first kappa shape index (κ1) is 14.5. The number of hydrogen-bond donors (Lipinski definition) is 1. The molecule has 1 N–H and O–H groups in total. The predicted molar refractivity (Wildman–Crippen MR) is 74.1 cm³/mol. The van der Waals surface area contributed by atoms with E-state index in [-0.39, 0.29) is 18.8 Å². The molecule has 1 aliphatic heterocycles. The number of aryl methyl sites for hydroxylation is 2. The third-order valence-corrected chi connectivity index (χ3v) is 4.05. The van der Waals surface area contributed by atoms with Gasteiger partial charge < -0.3 is 14.4 Å². The highest BCUT2D eigenvalue weighted by Crippen LogP contribution is 2.20. The van der Waals surface area contributed by atoms with Crippen LogP contribution in [0.5, 0.6) is 0 Å². The molecule has 1 aromatic heterocycles. The normalized spacial score (nSPS) is 24.2. The smallest absolute Gasteiger partial charge is 0.105 e. The van der Waals surface area contributed by atoms with Crippen LogP contribution in [0.2, 0.25) is 0 Å². The maximum Gasteiger partial charge on any atom is 0.105 e. The average molecular weight is 267 g/mol. The highest BCUT2D eigenvalue weighted by molar-refractivity contribution is 4.88. The van der Waals surface area contributed by atoms with Crippen LogP contribution in [0.15, 0.2) is 12.4 Å². The minimum Gasteiger partial charge on any atom is -0.395 e. The Kier molecular flexibility index (Phi) is 5.36. The second kappa shape index (κ2) is 7.03. The Morgan fingerprint density at radius 3 is 2.84 bits per heavy atom. The van der Waals surface area contributed by atoms with Gasteiger partial charge in [-0.1, -0.05) is 0 Å². The molecule has 0 bridgehead atoms. The van der Waals surface area contributed by atoms with Crippen LogP contribution in [0.4, 0.5) is 0 Å². The van der Waals surface area contributed by atoms with E-state index < -0.39 is 0 Å². The quantitative estimate of drug-likeness (QED) is 0.750. The lowest BCUT2D eigenvalue weighted by Gasteiger charge is -2.22. The first-order valence-corrected chi connectivity index (χ1v) is 7.10. The Morgan fingerprint density at radius 1 is 1.42 bits per heavy atom. The van der Waals surface area contributed by atoms with Gasteiger partial charge in [0.2, 0.25) is 0 Å². The van der Waals surface area contributed by atoms with Crippen LogP contribution < -0.4 is 0 Å². The minimum atomic E-state index is 0.237. The van der Waals surface area contributed by atoms with Gasteiger partial charge in [-0.2, -0.15) is 0 Å². The van der Waals surface area contributed by atoms with Gasteiger partial charge in [0.1, 0.15) is 5.82 Å². The average Bonchev–Trinajstić information content (AvgIpc) is 3.01. The molecule has 0 unspecified atom stereocenters. The van der Waals surface area contributed by atoms with Crippen molar-refractivity contribution in [3.63, 3.8) is 0 Å². The van der Waals surface area contributed by atoms with Gasteiger partial charge in [0.05, 0.1) is 12.7 Å². The van der Waals surface area contributed by atoms with Gasteiger partial charge in [0.25, 0.3) is 0 Å². The van der Waals surface area contributed by atoms with Crippen LogP contribution in [0.3, 0.4) is 0 Å². The summed E-state index contributed by atoms with van der Waals surface area (Å²) in [5, 5.41) is 9.38. The van der Waals surface area contributed by atoms with E-state index in [1.165, 1.54) is 0 Å². The van der Waals surface area contributed by atoms with Gasteiger partial charge in [0.15, 0.2) is 0 Å². The molecule has 5 heteroatoms. The number of methoxy groups -OCH3 is 1. The van der Waals surface area contributed by atoms with Crippen molar-refractivity contribution in [3.8, 4) is 0 Å². The maximum atomic E-state index is 9.38. The molecule has 0 amide bonds. The summed E-state index contributed by atoms with van der Waals surface area (Å²) < 4.78 is 7.58. The zero-order valence-electron chi connectivity index (χ0n) is 12.0. The molecule has 0 radical (unpaired) electrons. The van der Waals surface area contributed by atoms with Crippen molar-refractivity contribution >= 4 is 0 Å². The SMILES string of the molecule is CO[C@@H]1C[C@@H](CO)N(CCCCn2ccnc2C)C1. The molecule has 19 heavy (non-hydrogen) atoms. The Morgan fingerprint density at radius 2 is 2.21 bits per heavy atom. The molecule has 2 atom stereocenters. The fourth-order valence-corrected chi connectivity index (χ4v) is 2.81. The van der Waals surface area contributed by atoms with Crippen molar-refractivity contribution < 1.29 is 9.84 Å². The highest BCUT2D eigenvalue weighted by atomic mass is 16.5. The van der Waals surface area contributed by atoms with Gasteiger partial charge in [0, 0.05) is 38.6 Å². The summed E-state index contributed by atoms with van der Waals surface area (Å²) in [4.78, 5) is 6.58. The molecule has 0 aromatic carbocycles. The van der Waals surface area contributed by atoms with Gasteiger partial charge in [-0.05, 0) is 32.7 Å². The van der Waals surface area contributed by atoms with Crippen molar-refractivity contribution in [3.05, 3.63) is 18.2 Å². The summed E-state index contributed by atoms with van der Waals surface area (Å²) in [5.74, 6) is 1.08. The van der Waals surface area contributed by atoms with Crippen LogP contribution in [0.1, 0.15) is 25.1 Å². The Labute approximate surface area is 115 Å². The molecule has 2 rings (SSSR count). The third kappa shape index (κ3) is 3.78. The van der Waals surface area contributed by atoms with Gasteiger partial charge in [-0.15, -0.1) is 0 Å². The first-order valence-electron chi connectivity index (χ1n) is 7.10. The summed E-state index contributed by atoms with van der Waals surface area (Å²) in [5.41, 5.74) is 0. The second-order valence-corrected chi connectivity index (χ2v) is 5.30. The summed E-state index contributed by atoms with van der Waals surface area (Å²) in [6, 6.07) is 0.278. The van der Waals surface area contributed by atoms with E-state index in [1.54, 1.807) is 7.11 Å². The fourth-order valence-electron chi connectivity index (χ4n) is 2.81. The number of aliphatic hydroxyl groups excluding tert-OH is 1. The molecule has 108 valence electrons. The number of aliphatic hydroxyl groups is 1. The van der Waals surface area contributed by atoms with Crippen LogP contribution in [-0.2, 0) is 11.3 Å². The standard InChI is InChI=1S/C14H25N3O2/c1-12-15-5-8-16(12)6-3-4-7-17-10-14(19-2)9-13(17)11-18/h5,8,13-14,18H,3-4,6-7,9-11H2,1-2H3/t13-,14+/m0/s1. The zero-order valence-corrected chi connectivity index (χ0v) is 12.0. The summed E-state index contributed by atoms with van der Waals surface area (Å²) in [6.45, 7) is 5.29. The number of unbranched alkanes of at least 4 members (excludes halogenated alkanes) is 1. The van der Waals surface area contributed by atoms with Crippen molar-refractivity contribution in [1.29, 1.82) is 0 Å². The summed E-state index contributed by atoms with van der Waals surface area (Å²) in [6.07, 6.45) is 7.40. The van der Waals surface area contributed by atoms with Crippen LogP contribution in [0, 0.1) is 6.92 Å². The van der Waals surface area contributed by atoms with Crippen LogP contribution in [0.25, 0.3) is 0 Å². The van der Waals surface area contributed by atoms with E-state index in [0.717, 1.165) is 44.7 Å². The lowest BCUT2D eigenvalue weighted by Crippen LogP contribution is -2.33. The number of hydrogen-bond acceptors (Lipinski definition) is 4. The number of ether oxygens (including phenoxy) is 1. The van der Waals surface area contributed by atoms with E-state index in [1.807, 2.05) is 19.3 Å². The minimum absolute atomic E-state index is 0.237. The number of likely N-dealkylation sites (tertiary alicyclic amines) is 1. The molecule has 5 nitrogen and oxygen atoms in total. The molecule has 1 fully saturated rings. The lowest BCUT2D eigenvalue weighted by molar-refractivity contribution is 0.108. The molecule has 0 saturated carbocycles. The Bertz CT molecular complexity index is 381. The number of rotatable bonds is 7. The monoisotopic (exact) mass is 267 g/mol. The topological polar surface area (TPSA) is 50.5 Å². The molecule has 0 aliphatic carbocycles. The van der Waals surface area contributed by atoms with Crippen LogP contribution in [-0.4, -0.2) is 58.5 Å². The van der Waals surface area contributed by atoms with Gasteiger partial charge >= 0.3 is 0 Å². The number of nitrogens with zero attached hydrogens (tertiary/aromatic N) is 3. The molecule has 0 spiro atoms. The van der Waals surface area contributed by atoms with Gasteiger partial charge in [-0.25, -0.2) is 4.98 Å². The van der Waals surface area contributed by atoms with E-state index in [0.29, 0.717) is 0 Å². The third-order valence-electron chi connectivity index (χ3n) is 4.05. The predicted octanol–water partition coefficient (Wildman–Crippen LogP) is 1.05. The number of aromatic nitrogens is 2. The van der Waals surface area contributed by atoms with Gasteiger partial charge in [-0.3, -0.25) is 4.90 Å². The first-order chi connectivity index (χ1) is 9.24. The zero-order chi connectivity index (χ0) is 13.7. The van der Waals surface area contributed by atoms with Crippen molar-refractivity contribution in [1.82, 2.24) is 14.5 Å². The van der Waals surface area contributed by atoms with E-state index >= 15 is 0 Å². The molecular weight excluding hydrogens is 242 g/mol. The van der Waals surface area contributed by atoms with E-state index in [9.17, 15) is 5.11 Å². The van der Waals surface area contributed by atoms with Crippen molar-refractivity contribution in [2.45, 2.75) is 44.9 Å². The molecule has 1 aliphatic rings. The Balaban J connectivity index is 1.69. The van der Waals surface area contributed by atoms with E-state index in [2.05, 4.69) is 14.5 Å². The molecule has 2 heterocycles. The van der Waals surface area contributed by atoms with E-state index in [4.69, 9.17) is 4.74 Å². The fraction of sp³-hybridized carbons (Fsp3) is 0.786. The summed E-state index contributed by atoms with van der Waals surface area (Å²) in [7, 11) is 1.75. The molecule has 1 saturated heterocycles. The Hall–Kier alpha value is -0.910. The largest absolute Gasteiger partial charge is 0.395 e. The van der Waals surface area contributed by atoms with Crippen molar-refractivity contribution in [2.24, 2.45) is 0 Å². The lowest BCUT2D eigenvalue weighted by atomic mass is 10.2. The second-order valence-electron chi connectivity index (χ2n) is 5.30. The number of imidazole rings is 1. The molecular formula is C14H25N3O2.